The van der Waals surface area contributed by atoms with Gasteiger partial charge in [0, 0.05) is 30.4 Å². The van der Waals surface area contributed by atoms with Crippen molar-refractivity contribution in [3.63, 3.8) is 0 Å². The highest BCUT2D eigenvalue weighted by Gasteiger charge is 2.06. The Morgan fingerprint density at radius 3 is 2.95 bits per heavy atom. The number of hydrogen-bond acceptors (Lipinski definition) is 5. The number of anilines is 2. The quantitative estimate of drug-likeness (QED) is 0.746. The van der Waals surface area contributed by atoms with E-state index in [-0.39, 0.29) is 0 Å². The summed E-state index contributed by atoms with van der Waals surface area (Å²) in [6, 6.07) is 11.5. The van der Waals surface area contributed by atoms with E-state index in [1.54, 1.807) is 19.4 Å². The van der Waals surface area contributed by atoms with Crippen LogP contribution in [0, 0.1) is 0 Å². The van der Waals surface area contributed by atoms with Crippen LogP contribution in [0.25, 0.3) is 10.9 Å². The highest BCUT2D eigenvalue weighted by molar-refractivity contribution is 6.29. The lowest BCUT2D eigenvalue weighted by Gasteiger charge is -2.10. The van der Waals surface area contributed by atoms with E-state index in [0.717, 1.165) is 16.6 Å². The van der Waals surface area contributed by atoms with Crippen LogP contribution in [0.1, 0.15) is 5.82 Å². The second kappa shape index (κ2) is 6.03. The second-order valence-electron chi connectivity index (χ2n) is 4.43. The second-order valence-corrected chi connectivity index (χ2v) is 4.81. The monoisotopic (exact) mass is 300 g/mol. The average molecular weight is 301 g/mol. The van der Waals surface area contributed by atoms with E-state index in [1.807, 2.05) is 30.3 Å². The van der Waals surface area contributed by atoms with Gasteiger partial charge in [0.15, 0.2) is 5.82 Å². The molecule has 0 aliphatic carbocycles. The molecule has 21 heavy (non-hydrogen) atoms. The van der Waals surface area contributed by atoms with Gasteiger partial charge in [-0.05, 0) is 24.3 Å². The Kier molecular flexibility index (Phi) is 3.94. The molecule has 3 rings (SSSR count). The average Bonchev–Trinajstić information content (AvgIpc) is 2.47. The SMILES string of the molecule is COCc1nc(Cl)cc(Nc2cccc3ncccc23)n1. The van der Waals surface area contributed by atoms with Crippen LogP contribution in [0.2, 0.25) is 5.15 Å². The summed E-state index contributed by atoms with van der Waals surface area (Å²) in [5.74, 6) is 1.16. The molecule has 0 aliphatic rings. The van der Waals surface area contributed by atoms with Crippen LogP contribution >= 0.6 is 11.6 Å². The highest BCUT2D eigenvalue weighted by atomic mass is 35.5. The molecule has 0 spiro atoms. The first-order chi connectivity index (χ1) is 10.3. The minimum atomic E-state index is 0.312. The number of fused-ring (bicyclic) bond motifs is 1. The third-order valence-corrected chi connectivity index (χ3v) is 3.12. The van der Waals surface area contributed by atoms with Crippen LogP contribution in [0.5, 0.6) is 0 Å². The number of ether oxygens (including phenoxy) is 1. The van der Waals surface area contributed by atoms with Gasteiger partial charge in [0.25, 0.3) is 0 Å². The van der Waals surface area contributed by atoms with Crippen molar-refractivity contribution in [2.45, 2.75) is 6.61 Å². The highest BCUT2D eigenvalue weighted by Crippen LogP contribution is 2.25. The third-order valence-electron chi connectivity index (χ3n) is 2.92. The number of pyridine rings is 1. The molecule has 3 aromatic rings. The summed E-state index contributed by atoms with van der Waals surface area (Å²) >= 11 is 6.01. The van der Waals surface area contributed by atoms with Gasteiger partial charge in [0.05, 0.1) is 5.52 Å². The van der Waals surface area contributed by atoms with Crippen molar-refractivity contribution in [2.75, 3.05) is 12.4 Å². The van der Waals surface area contributed by atoms with Gasteiger partial charge in [-0.2, -0.15) is 0 Å². The van der Waals surface area contributed by atoms with Gasteiger partial charge in [-0.25, -0.2) is 9.97 Å². The summed E-state index contributed by atoms with van der Waals surface area (Å²) in [6.07, 6.45) is 1.77. The minimum Gasteiger partial charge on any atom is -0.377 e. The lowest BCUT2D eigenvalue weighted by atomic mass is 10.2. The molecule has 1 N–H and O–H groups in total. The standard InChI is InChI=1S/C15H13ClN4O/c1-21-9-15-19-13(16)8-14(20-15)18-12-6-2-5-11-10(12)4-3-7-17-11/h2-8H,9H2,1H3,(H,18,19,20). The summed E-state index contributed by atoms with van der Waals surface area (Å²) in [6.45, 7) is 0.312. The van der Waals surface area contributed by atoms with Crippen molar-refractivity contribution in [3.05, 3.63) is 53.6 Å². The van der Waals surface area contributed by atoms with E-state index in [1.165, 1.54) is 0 Å². The Morgan fingerprint density at radius 2 is 2.10 bits per heavy atom. The number of nitrogens with zero attached hydrogens (tertiary/aromatic N) is 3. The summed E-state index contributed by atoms with van der Waals surface area (Å²) in [4.78, 5) is 12.8. The predicted molar refractivity (Wildman–Crippen MR) is 82.8 cm³/mol. The number of rotatable bonds is 4. The molecule has 0 bridgehead atoms. The van der Waals surface area contributed by atoms with E-state index in [4.69, 9.17) is 16.3 Å². The maximum absolute atomic E-state index is 6.01. The Labute approximate surface area is 127 Å². The zero-order valence-corrected chi connectivity index (χ0v) is 12.1. The van der Waals surface area contributed by atoms with Gasteiger partial charge in [-0.1, -0.05) is 17.7 Å². The number of aromatic nitrogens is 3. The van der Waals surface area contributed by atoms with Crippen molar-refractivity contribution >= 4 is 34.0 Å². The van der Waals surface area contributed by atoms with Crippen LogP contribution in [-0.2, 0) is 11.3 Å². The van der Waals surface area contributed by atoms with E-state index >= 15 is 0 Å². The van der Waals surface area contributed by atoms with Crippen LogP contribution in [0.3, 0.4) is 0 Å². The molecule has 0 saturated heterocycles. The molecule has 6 heteroatoms. The first-order valence-corrected chi connectivity index (χ1v) is 6.77. The third kappa shape index (κ3) is 3.09. The van der Waals surface area contributed by atoms with Crippen molar-refractivity contribution < 1.29 is 4.74 Å². The first kappa shape index (κ1) is 13.7. The van der Waals surface area contributed by atoms with Crippen LogP contribution < -0.4 is 5.32 Å². The summed E-state index contributed by atoms with van der Waals surface area (Å²) in [5, 5.41) is 4.65. The topological polar surface area (TPSA) is 59.9 Å². The van der Waals surface area contributed by atoms with Crippen LogP contribution in [0.15, 0.2) is 42.6 Å². The lowest BCUT2D eigenvalue weighted by molar-refractivity contribution is 0.178. The predicted octanol–water partition coefficient (Wildman–Crippen LogP) is 3.57. The molecule has 2 heterocycles. The molecular formula is C15H13ClN4O. The summed E-state index contributed by atoms with van der Waals surface area (Å²) < 4.78 is 5.04. The molecule has 0 fully saturated rings. The number of halogens is 1. The number of benzene rings is 1. The fraction of sp³-hybridized carbons (Fsp3) is 0.133. The molecule has 5 nitrogen and oxygen atoms in total. The molecule has 0 atom stereocenters. The van der Waals surface area contributed by atoms with E-state index < -0.39 is 0 Å². The van der Waals surface area contributed by atoms with Crippen LogP contribution in [0.4, 0.5) is 11.5 Å². The number of hydrogen-bond donors (Lipinski definition) is 1. The van der Waals surface area contributed by atoms with Crippen molar-refractivity contribution in [2.24, 2.45) is 0 Å². The molecule has 106 valence electrons. The molecule has 1 aromatic carbocycles. The zero-order valence-electron chi connectivity index (χ0n) is 11.4. The van der Waals surface area contributed by atoms with E-state index in [0.29, 0.717) is 23.4 Å². The molecular weight excluding hydrogens is 288 g/mol. The largest absolute Gasteiger partial charge is 0.377 e. The summed E-state index contributed by atoms with van der Waals surface area (Å²) in [7, 11) is 1.59. The van der Waals surface area contributed by atoms with Gasteiger partial charge >= 0.3 is 0 Å². The molecule has 2 aromatic heterocycles. The van der Waals surface area contributed by atoms with Gasteiger partial charge in [-0.3, -0.25) is 4.98 Å². The Balaban J connectivity index is 1.98. The van der Waals surface area contributed by atoms with Crippen molar-refractivity contribution in [1.82, 2.24) is 15.0 Å². The van der Waals surface area contributed by atoms with Crippen LogP contribution in [-0.4, -0.2) is 22.1 Å². The van der Waals surface area contributed by atoms with Crippen molar-refractivity contribution in [1.29, 1.82) is 0 Å². The van der Waals surface area contributed by atoms with Gasteiger partial charge in [-0.15, -0.1) is 0 Å². The Morgan fingerprint density at radius 1 is 1.19 bits per heavy atom. The molecule has 0 radical (unpaired) electrons. The van der Waals surface area contributed by atoms with Gasteiger partial charge < -0.3 is 10.1 Å². The molecule has 0 unspecified atom stereocenters. The fourth-order valence-corrected chi connectivity index (χ4v) is 2.27. The fourth-order valence-electron chi connectivity index (χ4n) is 2.07. The van der Waals surface area contributed by atoms with Crippen molar-refractivity contribution in [3.8, 4) is 0 Å². The van der Waals surface area contributed by atoms with E-state index in [9.17, 15) is 0 Å². The maximum atomic E-state index is 6.01. The van der Waals surface area contributed by atoms with E-state index in [2.05, 4.69) is 20.3 Å². The van der Waals surface area contributed by atoms with Gasteiger partial charge in [0.1, 0.15) is 17.6 Å². The number of methoxy groups -OCH3 is 1. The lowest BCUT2D eigenvalue weighted by Crippen LogP contribution is -2.02. The summed E-state index contributed by atoms with van der Waals surface area (Å²) in [5.41, 5.74) is 1.83. The Hall–Kier alpha value is -2.24. The zero-order chi connectivity index (χ0) is 14.7. The van der Waals surface area contributed by atoms with Gasteiger partial charge in [0.2, 0.25) is 0 Å². The molecule has 0 saturated carbocycles. The Bertz CT molecular complexity index is 773. The first-order valence-electron chi connectivity index (χ1n) is 6.39. The molecule has 0 aliphatic heterocycles. The normalized spacial score (nSPS) is 10.8. The smallest absolute Gasteiger partial charge is 0.158 e. The molecule has 0 amide bonds. The maximum Gasteiger partial charge on any atom is 0.158 e. The minimum absolute atomic E-state index is 0.312. The number of nitrogens with one attached hydrogen (secondary N) is 1.